The van der Waals surface area contributed by atoms with Crippen LogP contribution >= 0.6 is 0 Å². The number of likely N-dealkylation sites (N-methyl/N-ethyl adjacent to an activating group) is 1. The van der Waals surface area contributed by atoms with E-state index in [1.54, 1.807) is 31.4 Å². The van der Waals surface area contributed by atoms with Crippen LogP contribution in [0, 0.1) is 13.5 Å². The van der Waals surface area contributed by atoms with Crippen molar-refractivity contribution in [1.29, 1.82) is 0 Å². The minimum absolute atomic E-state index is 0.0266. The summed E-state index contributed by atoms with van der Waals surface area (Å²) in [5.41, 5.74) is 1.88. The summed E-state index contributed by atoms with van der Waals surface area (Å²) in [5, 5.41) is 2.71. The first kappa shape index (κ1) is 20.6. The highest BCUT2D eigenvalue weighted by atomic mass is 16.5. The average molecular weight is 420 g/mol. The molecule has 0 unspecified atom stereocenters. The number of fused-ring (bicyclic) bond motifs is 1. The molecule has 0 spiro atoms. The van der Waals surface area contributed by atoms with Gasteiger partial charge in [0.2, 0.25) is 5.82 Å². The number of carbonyl (C=O) groups excluding carboxylic acids is 2. The molecule has 1 fully saturated rings. The summed E-state index contributed by atoms with van der Waals surface area (Å²) in [6, 6.07) is 3.98. The third-order valence-corrected chi connectivity index (χ3v) is 5.58. The van der Waals surface area contributed by atoms with Gasteiger partial charge in [-0.1, -0.05) is 6.07 Å². The fraction of sp³-hybridized carbons (Fsp3) is 0.409. The van der Waals surface area contributed by atoms with Crippen molar-refractivity contribution in [1.82, 2.24) is 15.3 Å². The summed E-state index contributed by atoms with van der Waals surface area (Å²) in [6.07, 6.45) is 5.04. The van der Waals surface area contributed by atoms with Crippen molar-refractivity contribution in [3.05, 3.63) is 47.2 Å². The van der Waals surface area contributed by atoms with Gasteiger partial charge in [0.15, 0.2) is 5.69 Å². The lowest BCUT2D eigenvalue weighted by Crippen LogP contribution is -2.49. The summed E-state index contributed by atoms with van der Waals surface area (Å²) in [4.78, 5) is 41.5. The first-order chi connectivity index (χ1) is 15.0. The molecule has 1 N–H and O–H groups in total. The van der Waals surface area contributed by atoms with Crippen LogP contribution in [0.1, 0.15) is 35.4 Å². The Bertz CT molecular complexity index is 1060. The largest absolute Gasteiger partial charge is 0.490 e. The van der Waals surface area contributed by atoms with Crippen molar-refractivity contribution < 1.29 is 14.3 Å². The van der Waals surface area contributed by atoms with Gasteiger partial charge in [0.1, 0.15) is 24.2 Å². The van der Waals surface area contributed by atoms with Crippen molar-refractivity contribution in [2.45, 2.75) is 32.2 Å². The van der Waals surface area contributed by atoms with E-state index in [-0.39, 0.29) is 18.3 Å². The lowest BCUT2D eigenvalue weighted by molar-refractivity contribution is -0.120. The number of nitrogens with one attached hydrogen (secondary N) is 1. The second-order valence-electron chi connectivity index (χ2n) is 7.75. The second kappa shape index (κ2) is 8.60. The molecule has 4 rings (SSSR count). The number of amides is 2. The van der Waals surface area contributed by atoms with E-state index in [2.05, 4.69) is 25.0 Å². The Balaban J connectivity index is 1.52. The number of piperidine rings is 1. The Morgan fingerprint density at radius 3 is 2.81 bits per heavy atom. The summed E-state index contributed by atoms with van der Waals surface area (Å²) < 4.78 is 5.75. The number of nitrogens with zero attached hydrogens (tertiary/aromatic N) is 5. The van der Waals surface area contributed by atoms with Crippen LogP contribution in [0.2, 0.25) is 0 Å². The average Bonchev–Trinajstić information content (AvgIpc) is 2.91. The number of rotatable bonds is 3. The van der Waals surface area contributed by atoms with Gasteiger partial charge in [-0.25, -0.2) is 14.8 Å². The number of aromatic nitrogens is 2. The molecule has 3 heterocycles. The highest BCUT2D eigenvalue weighted by Gasteiger charge is 2.31. The number of anilines is 2. The Morgan fingerprint density at radius 2 is 2.06 bits per heavy atom. The maximum atomic E-state index is 12.9. The van der Waals surface area contributed by atoms with Gasteiger partial charge in [-0.3, -0.25) is 9.59 Å². The molecule has 0 aliphatic carbocycles. The molecular formula is C22H24N6O3. The molecule has 1 aromatic heterocycles. The number of aryl methyl sites for hydroxylation is 1. The van der Waals surface area contributed by atoms with E-state index in [1.165, 1.54) is 11.3 Å². The quantitative estimate of drug-likeness (QED) is 0.767. The Labute approximate surface area is 180 Å². The standard InChI is InChI=1S/C22H24N6O3/c1-14-12-24-19(26-20(14)28-9-5-4-6-10-28)21(29)25-16-13-31-18-11-15(23-2)7-8-17(18)27(3)22(16)30/h7-8,11-12,16H,4-6,9-10,13H2,1,3H3,(H,25,29)/t16-/m0/s1. The fourth-order valence-corrected chi connectivity index (χ4v) is 3.86. The van der Waals surface area contributed by atoms with Gasteiger partial charge in [0.25, 0.3) is 11.8 Å². The first-order valence-corrected chi connectivity index (χ1v) is 10.3. The van der Waals surface area contributed by atoms with Gasteiger partial charge in [-0.05, 0) is 38.3 Å². The molecule has 2 aromatic rings. The molecular weight excluding hydrogens is 396 g/mol. The fourth-order valence-electron chi connectivity index (χ4n) is 3.86. The van der Waals surface area contributed by atoms with E-state index in [4.69, 9.17) is 11.3 Å². The van der Waals surface area contributed by atoms with Crippen molar-refractivity contribution in [3.8, 4) is 5.75 Å². The maximum Gasteiger partial charge on any atom is 0.289 e. The highest BCUT2D eigenvalue weighted by molar-refractivity contribution is 6.02. The van der Waals surface area contributed by atoms with Gasteiger partial charge in [0, 0.05) is 31.9 Å². The summed E-state index contributed by atoms with van der Waals surface area (Å²) >= 11 is 0. The van der Waals surface area contributed by atoms with E-state index >= 15 is 0 Å². The monoisotopic (exact) mass is 420 g/mol. The third kappa shape index (κ3) is 4.14. The van der Waals surface area contributed by atoms with E-state index in [0.717, 1.165) is 37.3 Å². The molecule has 2 aliphatic heterocycles. The predicted octanol–water partition coefficient (Wildman–Crippen LogP) is 2.48. The van der Waals surface area contributed by atoms with E-state index in [1.807, 2.05) is 6.92 Å². The summed E-state index contributed by atoms with van der Waals surface area (Å²) in [7, 11) is 1.61. The molecule has 9 heteroatoms. The Kier molecular flexibility index (Phi) is 5.71. The predicted molar refractivity (Wildman–Crippen MR) is 116 cm³/mol. The number of hydrogen-bond acceptors (Lipinski definition) is 6. The van der Waals surface area contributed by atoms with Crippen LogP contribution < -0.4 is 19.9 Å². The molecule has 0 saturated carbocycles. The normalized spacial score (nSPS) is 18.5. The molecule has 2 aliphatic rings. The van der Waals surface area contributed by atoms with Gasteiger partial charge >= 0.3 is 0 Å². The molecule has 2 amide bonds. The van der Waals surface area contributed by atoms with Gasteiger partial charge < -0.3 is 19.9 Å². The van der Waals surface area contributed by atoms with Crippen LogP contribution in [-0.2, 0) is 4.79 Å². The highest BCUT2D eigenvalue weighted by Crippen LogP contribution is 2.34. The number of ether oxygens (including phenoxy) is 1. The molecule has 0 bridgehead atoms. The van der Waals surface area contributed by atoms with Crippen LogP contribution in [-0.4, -0.2) is 54.6 Å². The van der Waals surface area contributed by atoms with Crippen molar-refractivity contribution in [3.63, 3.8) is 0 Å². The minimum atomic E-state index is -0.898. The Hall–Kier alpha value is -3.67. The minimum Gasteiger partial charge on any atom is -0.490 e. The molecule has 1 saturated heterocycles. The van der Waals surface area contributed by atoms with Crippen LogP contribution in [0.4, 0.5) is 17.2 Å². The molecule has 1 atom stereocenters. The van der Waals surface area contributed by atoms with Crippen LogP contribution in [0.25, 0.3) is 4.85 Å². The van der Waals surface area contributed by atoms with Gasteiger partial charge in [-0.2, -0.15) is 0 Å². The van der Waals surface area contributed by atoms with Gasteiger partial charge in [-0.15, -0.1) is 0 Å². The van der Waals surface area contributed by atoms with Crippen LogP contribution in [0.5, 0.6) is 5.75 Å². The maximum absolute atomic E-state index is 12.9. The lowest BCUT2D eigenvalue weighted by atomic mass is 10.1. The van der Waals surface area contributed by atoms with Crippen LogP contribution in [0.3, 0.4) is 0 Å². The number of hydrogen-bond donors (Lipinski definition) is 1. The molecule has 160 valence electrons. The molecule has 31 heavy (non-hydrogen) atoms. The van der Waals surface area contributed by atoms with Gasteiger partial charge in [0.05, 0.1) is 12.3 Å². The molecule has 0 radical (unpaired) electrons. The lowest BCUT2D eigenvalue weighted by Gasteiger charge is -2.29. The van der Waals surface area contributed by atoms with Crippen molar-refractivity contribution >= 4 is 29.0 Å². The van der Waals surface area contributed by atoms with Crippen molar-refractivity contribution in [2.75, 3.05) is 36.5 Å². The smallest absolute Gasteiger partial charge is 0.289 e. The van der Waals surface area contributed by atoms with Crippen LogP contribution in [0.15, 0.2) is 24.4 Å². The Morgan fingerprint density at radius 1 is 1.29 bits per heavy atom. The van der Waals surface area contributed by atoms with E-state index in [0.29, 0.717) is 17.1 Å². The van der Waals surface area contributed by atoms with E-state index in [9.17, 15) is 9.59 Å². The molecule has 9 nitrogen and oxygen atoms in total. The molecule has 1 aromatic carbocycles. The zero-order valence-corrected chi connectivity index (χ0v) is 17.6. The zero-order valence-electron chi connectivity index (χ0n) is 17.6. The first-order valence-electron chi connectivity index (χ1n) is 10.3. The number of benzene rings is 1. The second-order valence-corrected chi connectivity index (χ2v) is 7.75. The third-order valence-electron chi connectivity index (χ3n) is 5.58. The van der Waals surface area contributed by atoms with E-state index < -0.39 is 11.9 Å². The van der Waals surface area contributed by atoms with Crippen molar-refractivity contribution in [2.24, 2.45) is 0 Å². The summed E-state index contributed by atoms with van der Waals surface area (Å²) in [5.74, 6) is 0.380. The summed E-state index contributed by atoms with van der Waals surface area (Å²) in [6.45, 7) is 10.8. The topological polar surface area (TPSA) is 92.0 Å². The number of carbonyl (C=O) groups is 2. The zero-order chi connectivity index (χ0) is 22.0. The SMILES string of the molecule is [C-]#[N+]c1ccc2c(c1)OC[C@H](NC(=O)c1ncc(C)c(N3CCCCC3)n1)C(=O)N2C.